The summed E-state index contributed by atoms with van der Waals surface area (Å²) in [5.74, 6) is 0.942. The summed E-state index contributed by atoms with van der Waals surface area (Å²) in [5, 5.41) is 4.92. The number of aromatic nitrogens is 2. The van der Waals surface area contributed by atoms with Crippen molar-refractivity contribution >= 4 is 50.7 Å². The monoisotopic (exact) mass is 397 g/mol. The number of amides is 1. The van der Waals surface area contributed by atoms with Crippen LogP contribution in [0.5, 0.6) is 0 Å². The van der Waals surface area contributed by atoms with Gasteiger partial charge in [0, 0.05) is 21.5 Å². The van der Waals surface area contributed by atoms with E-state index < -0.39 is 0 Å². The van der Waals surface area contributed by atoms with E-state index in [1.54, 1.807) is 35.6 Å². The van der Waals surface area contributed by atoms with Crippen LogP contribution >= 0.6 is 23.1 Å². The Bertz CT molecular complexity index is 1040. The van der Waals surface area contributed by atoms with Crippen molar-refractivity contribution in [3.05, 3.63) is 46.1 Å². The summed E-state index contributed by atoms with van der Waals surface area (Å²) in [5.41, 5.74) is 2.69. The van der Waals surface area contributed by atoms with Gasteiger partial charge in [0.15, 0.2) is 5.78 Å². The van der Waals surface area contributed by atoms with Crippen molar-refractivity contribution in [2.24, 2.45) is 0 Å². The Balaban J connectivity index is 1.48. The molecule has 1 aliphatic carbocycles. The third-order valence-corrected chi connectivity index (χ3v) is 6.72. The van der Waals surface area contributed by atoms with Gasteiger partial charge in [0.2, 0.25) is 5.91 Å². The number of nitrogens with zero attached hydrogens (tertiary/aromatic N) is 2. The molecule has 138 valence electrons. The van der Waals surface area contributed by atoms with E-state index in [1.165, 1.54) is 35.5 Å². The van der Waals surface area contributed by atoms with Crippen LogP contribution in [0.3, 0.4) is 0 Å². The van der Waals surface area contributed by atoms with Crippen molar-refractivity contribution in [1.29, 1.82) is 0 Å². The van der Waals surface area contributed by atoms with Crippen LogP contribution in [-0.4, -0.2) is 27.4 Å². The van der Waals surface area contributed by atoms with Crippen molar-refractivity contribution in [2.75, 3.05) is 11.1 Å². The highest BCUT2D eigenvalue weighted by atomic mass is 32.2. The zero-order chi connectivity index (χ0) is 19.0. The van der Waals surface area contributed by atoms with E-state index in [9.17, 15) is 9.59 Å². The van der Waals surface area contributed by atoms with Crippen LogP contribution < -0.4 is 5.32 Å². The molecule has 1 aromatic carbocycles. The fourth-order valence-corrected chi connectivity index (χ4v) is 5.56. The first-order chi connectivity index (χ1) is 13.0. The number of hydrogen-bond acceptors (Lipinski definition) is 6. The molecule has 27 heavy (non-hydrogen) atoms. The number of carbonyl (C=O) groups is 2. The fourth-order valence-electron chi connectivity index (χ4n) is 3.29. The first-order valence-electron chi connectivity index (χ1n) is 8.84. The summed E-state index contributed by atoms with van der Waals surface area (Å²) in [6, 6.07) is 6.93. The molecular formula is C20H19N3O2S2. The average Bonchev–Trinajstić information content (AvgIpc) is 3.20. The van der Waals surface area contributed by atoms with Gasteiger partial charge in [-0.2, -0.15) is 0 Å². The molecule has 4 rings (SSSR count). The summed E-state index contributed by atoms with van der Waals surface area (Å²) in [6.45, 7) is 3.42. The molecule has 0 aliphatic heterocycles. The lowest BCUT2D eigenvalue weighted by Gasteiger charge is -2.07. The van der Waals surface area contributed by atoms with Crippen molar-refractivity contribution in [2.45, 2.75) is 38.1 Å². The van der Waals surface area contributed by atoms with Gasteiger partial charge >= 0.3 is 0 Å². The molecule has 3 aromatic rings. The average molecular weight is 398 g/mol. The molecule has 2 aromatic heterocycles. The smallest absolute Gasteiger partial charge is 0.234 e. The van der Waals surface area contributed by atoms with Crippen LogP contribution in [0.4, 0.5) is 5.69 Å². The van der Waals surface area contributed by atoms with Gasteiger partial charge < -0.3 is 5.32 Å². The lowest BCUT2D eigenvalue weighted by atomic mass is 10.1. The Morgan fingerprint density at radius 2 is 1.96 bits per heavy atom. The normalized spacial score (nSPS) is 13.0. The molecule has 1 aliphatic rings. The van der Waals surface area contributed by atoms with Gasteiger partial charge in [0.25, 0.3) is 0 Å². The third kappa shape index (κ3) is 3.75. The SMILES string of the molecule is CC(=O)c1ccc(NC(=O)CSc2nc(C)nc3sc4c(c23)CCC4)cc1. The first-order valence-corrected chi connectivity index (χ1v) is 10.6. The van der Waals surface area contributed by atoms with E-state index in [0.29, 0.717) is 11.3 Å². The lowest BCUT2D eigenvalue weighted by Crippen LogP contribution is -2.14. The predicted molar refractivity (Wildman–Crippen MR) is 110 cm³/mol. The minimum atomic E-state index is -0.0909. The van der Waals surface area contributed by atoms with Gasteiger partial charge in [-0.25, -0.2) is 9.97 Å². The number of carbonyl (C=O) groups excluding carboxylic acids is 2. The molecule has 0 spiro atoms. The maximum Gasteiger partial charge on any atom is 0.234 e. The van der Waals surface area contributed by atoms with Gasteiger partial charge in [-0.3, -0.25) is 9.59 Å². The number of rotatable bonds is 5. The topological polar surface area (TPSA) is 72.0 Å². The van der Waals surface area contributed by atoms with E-state index in [-0.39, 0.29) is 17.4 Å². The molecule has 7 heteroatoms. The molecule has 5 nitrogen and oxygen atoms in total. The number of fused-ring (bicyclic) bond motifs is 3. The van der Waals surface area contributed by atoms with Gasteiger partial charge in [0.1, 0.15) is 15.7 Å². The van der Waals surface area contributed by atoms with E-state index in [2.05, 4.69) is 15.3 Å². The largest absolute Gasteiger partial charge is 0.325 e. The summed E-state index contributed by atoms with van der Waals surface area (Å²) >= 11 is 3.22. The highest BCUT2D eigenvalue weighted by Gasteiger charge is 2.22. The van der Waals surface area contributed by atoms with Gasteiger partial charge in [-0.15, -0.1) is 11.3 Å². The second-order valence-corrected chi connectivity index (χ2v) is 8.63. The number of benzene rings is 1. The minimum absolute atomic E-state index is 0.00914. The molecular weight excluding hydrogens is 378 g/mol. The first kappa shape index (κ1) is 18.1. The molecule has 0 saturated heterocycles. The van der Waals surface area contributed by atoms with E-state index in [1.807, 2.05) is 6.92 Å². The Labute approximate surface area is 165 Å². The third-order valence-electron chi connectivity index (χ3n) is 4.56. The summed E-state index contributed by atoms with van der Waals surface area (Å²) in [6.07, 6.45) is 3.38. The van der Waals surface area contributed by atoms with Gasteiger partial charge in [-0.1, -0.05) is 11.8 Å². The zero-order valence-electron chi connectivity index (χ0n) is 15.2. The molecule has 0 radical (unpaired) electrons. The van der Waals surface area contributed by atoms with Crippen LogP contribution in [0.25, 0.3) is 10.2 Å². The lowest BCUT2D eigenvalue weighted by molar-refractivity contribution is -0.113. The van der Waals surface area contributed by atoms with Crippen LogP contribution in [0.2, 0.25) is 0 Å². The Morgan fingerprint density at radius 3 is 2.70 bits per heavy atom. The second-order valence-electron chi connectivity index (χ2n) is 6.58. The minimum Gasteiger partial charge on any atom is -0.325 e. The summed E-state index contributed by atoms with van der Waals surface area (Å²) in [7, 11) is 0. The molecule has 0 atom stereocenters. The van der Waals surface area contributed by atoms with Crippen molar-refractivity contribution in [3.8, 4) is 0 Å². The second kappa shape index (κ2) is 7.40. The predicted octanol–water partition coefficient (Wildman–Crippen LogP) is 4.42. The summed E-state index contributed by atoms with van der Waals surface area (Å²) in [4.78, 5) is 35.3. The standard InChI is InChI=1S/C20H19N3O2S2/c1-11(24)13-6-8-14(9-7-13)23-17(25)10-26-19-18-15-4-3-5-16(15)27-20(18)22-12(2)21-19/h6-9H,3-5,10H2,1-2H3,(H,23,25). The van der Waals surface area contributed by atoms with Crippen LogP contribution in [-0.2, 0) is 17.6 Å². The Hall–Kier alpha value is -2.25. The van der Waals surface area contributed by atoms with Crippen molar-refractivity contribution in [1.82, 2.24) is 9.97 Å². The van der Waals surface area contributed by atoms with Crippen LogP contribution in [0.15, 0.2) is 29.3 Å². The van der Waals surface area contributed by atoms with Crippen molar-refractivity contribution < 1.29 is 9.59 Å². The molecule has 0 bridgehead atoms. The van der Waals surface area contributed by atoms with E-state index >= 15 is 0 Å². The fraction of sp³-hybridized carbons (Fsp3) is 0.300. The molecule has 0 unspecified atom stereocenters. The summed E-state index contributed by atoms with van der Waals surface area (Å²) < 4.78 is 0. The Kier molecular flexibility index (Phi) is 4.97. The van der Waals surface area contributed by atoms with Crippen molar-refractivity contribution in [3.63, 3.8) is 0 Å². The zero-order valence-corrected chi connectivity index (χ0v) is 16.8. The number of anilines is 1. The molecule has 0 fully saturated rings. The highest BCUT2D eigenvalue weighted by Crippen LogP contribution is 2.40. The Morgan fingerprint density at radius 1 is 1.19 bits per heavy atom. The highest BCUT2D eigenvalue weighted by molar-refractivity contribution is 8.00. The number of Topliss-reactive ketones (excluding diaryl/α,β-unsaturated/α-hetero) is 1. The molecule has 1 amide bonds. The molecule has 1 N–H and O–H groups in total. The number of ketones is 1. The van der Waals surface area contributed by atoms with E-state index in [0.717, 1.165) is 33.9 Å². The number of nitrogens with one attached hydrogen (secondary N) is 1. The maximum absolute atomic E-state index is 12.4. The van der Waals surface area contributed by atoms with Crippen LogP contribution in [0, 0.1) is 6.92 Å². The quantitative estimate of drug-likeness (QED) is 0.392. The number of thioether (sulfide) groups is 1. The van der Waals surface area contributed by atoms with Gasteiger partial charge in [-0.05, 0) is 62.9 Å². The van der Waals surface area contributed by atoms with Crippen LogP contribution in [0.1, 0.15) is 40.0 Å². The molecule has 2 heterocycles. The van der Waals surface area contributed by atoms with E-state index in [4.69, 9.17) is 0 Å². The number of thiophene rings is 1. The maximum atomic E-state index is 12.4. The van der Waals surface area contributed by atoms with Gasteiger partial charge in [0.05, 0.1) is 5.75 Å². The molecule has 0 saturated carbocycles. The number of hydrogen-bond donors (Lipinski definition) is 1. The number of aryl methyl sites for hydroxylation is 3.